The van der Waals surface area contributed by atoms with Gasteiger partial charge in [0, 0.05) is 13.1 Å². The van der Waals surface area contributed by atoms with E-state index in [0.717, 1.165) is 19.3 Å². The van der Waals surface area contributed by atoms with E-state index in [1.54, 1.807) is 17.9 Å². The summed E-state index contributed by atoms with van der Waals surface area (Å²) in [7, 11) is 0. The van der Waals surface area contributed by atoms with Gasteiger partial charge in [-0.2, -0.15) is 10.4 Å². The van der Waals surface area contributed by atoms with Gasteiger partial charge in [-0.05, 0) is 26.2 Å². The summed E-state index contributed by atoms with van der Waals surface area (Å²) in [4.78, 5) is 32.0. The molecule has 1 aliphatic heterocycles. The van der Waals surface area contributed by atoms with Gasteiger partial charge in [0.25, 0.3) is 5.91 Å². The zero-order valence-electron chi connectivity index (χ0n) is 12.8. The summed E-state index contributed by atoms with van der Waals surface area (Å²) < 4.78 is 4.86. The number of nitriles is 1. The van der Waals surface area contributed by atoms with Crippen LogP contribution in [0.4, 0.5) is 5.82 Å². The standard InChI is InChI=1S/C14H18N6O3/c1-2-23-14(22)11-12(17-9-16-11)19-18-10(8-15)13(21)20-6-4-3-5-7-20/h9,19H,2-7H2,1H3,(H,16,17)/b18-10+. The van der Waals surface area contributed by atoms with Crippen molar-refractivity contribution < 1.29 is 14.3 Å². The Kier molecular flexibility index (Phi) is 5.68. The Hall–Kier alpha value is -2.89. The molecule has 1 saturated heterocycles. The molecular formula is C14H18N6O3. The van der Waals surface area contributed by atoms with Crippen molar-refractivity contribution in [3.8, 4) is 6.07 Å². The molecule has 1 fully saturated rings. The third kappa shape index (κ3) is 4.06. The van der Waals surface area contributed by atoms with Crippen LogP contribution in [-0.2, 0) is 9.53 Å². The van der Waals surface area contributed by atoms with Crippen LogP contribution in [0.1, 0.15) is 36.7 Å². The minimum absolute atomic E-state index is 0.0818. The molecule has 9 heteroatoms. The molecular weight excluding hydrogens is 300 g/mol. The molecule has 23 heavy (non-hydrogen) atoms. The van der Waals surface area contributed by atoms with Gasteiger partial charge < -0.3 is 14.6 Å². The number of H-pyrrole nitrogens is 1. The maximum absolute atomic E-state index is 12.2. The SMILES string of the molecule is CCOC(=O)c1[nH]cnc1N/N=C(\C#N)C(=O)N1CCCCC1. The van der Waals surface area contributed by atoms with E-state index in [-0.39, 0.29) is 23.8 Å². The lowest BCUT2D eigenvalue weighted by Crippen LogP contribution is -2.39. The van der Waals surface area contributed by atoms with E-state index < -0.39 is 11.9 Å². The Morgan fingerprint density at radius 2 is 2.22 bits per heavy atom. The monoisotopic (exact) mass is 318 g/mol. The number of amides is 1. The molecule has 2 N–H and O–H groups in total. The van der Waals surface area contributed by atoms with Crippen molar-refractivity contribution in [1.29, 1.82) is 5.26 Å². The number of aromatic nitrogens is 2. The van der Waals surface area contributed by atoms with Gasteiger partial charge in [0.2, 0.25) is 5.71 Å². The second-order valence-electron chi connectivity index (χ2n) is 4.88. The zero-order valence-corrected chi connectivity index (χ0v) is 12.8. The molecule has 1 aromatic heterocycles. The number of esters is 1. The Bertz CT molecular complexity index is 639. The molecule has 0 saturated carbocycles. The van der Waals surface area contributed by atoms with Crippen LogP contribution in [0.25, 0.3) is 0 Å². The molecule has 0 spiro atoms. The summed E-state index contributed by atoms with van der Waals surface area (Å²) >= 11 is 0. The quantitative estimate of drug-likeness (QED) is 0.472. The third-order valence-electron chi connectivity index (χ3n) is 3.34. The van der Waals surface area contributed by atoms with Gasteiger partial charge in [0.15, 0.2) is 11.5 Å². The van der Waals surface area contributed by atoms with Gasteiger partial charge >= 0.3 is 5.97 Å². The lowest BCUT2D eigenvalue weighted by atomic mass is 10.1. The molecule has 1 aliphatic rings. The van der Waals surface area contributed by atoms with Gasteiger partial charge in [-0.1, -0.05) is 0 Å². The van der Waals surface area contributed by atoms with Crippen LogP contribution in [-0.4, -0.2) is 52.2 Å². The Morgan fingerprint density at radius 3 is 2.87 bits per heavy atom. The Labute approximate surface area is 133 Å². The van der Waals surface area contributed by atoms with Crippen LogP contribution in [0.5, 0.6) is 0 Å². The van der Waals surface area contributed by atoms with Crippen LogP contribution >= 0.6 is 0 Å². The van der Waals surface area contributed by atoms with Crippen molar-refractivity contribution in [2.75, 3.05) is 25.1 Å². The zero-order chi connectivity index (χ0) is 16.7. The highest BCUT2D eigenvalue weighted by Crippen LogP contribution is 2.12. The molecule has 0 aliphatic carbocycles. The van der Waals surface area contributed by atoms with E-state index in [1.165, 1.54) is 6.33 Å². The summed E-state index contributed by atoms with van der Waals surface area (Å²) in [5, 5.41) is 12.9. The second kappa shape index (κ2) is 7.93. The summed E-state index contributed by atoms with van der Waals surface area (Å²) in [6.45, 7) is 3.15. The van der Waals surface area contributed by atoms with Crippen LogP contribution in [0, 0.1) is 11.3 Å². The highest BCUT2D eigenvalue weighted by atomic mass is 16.5. The number of carbonyl (C=O) groups is 2. The van der Waals surface area contributed by atoms with Crippen molar-refractivity contribution in [2.45, 2.75) is 26.2 Å². The first-order valence-electron chi connectivity index (χ1n) is 7.41. The lowest BCUT2D eigenvalue weighted by molar-refractivity contribution is -0.124. The highest BCUT2D eigenvalue weighted by Gasteiger charge is 2.22. The van der Waals surface area contributed by atoms with Crippen LogP contribution in [0.15, 0.2) is 11.4 Å². The van der Waals surface area contributed by atoms with Gasteiger partial charge in [-0.15, -0.1) is 0 Å². The molecule has 0 aromatic carbocycles. The van der Waals surface area contributed by atoms with E-state index >= 15 is 0 Å². The van der Waals surface area contributed by atoms with Crippen molar-refractivity contribution in [3.05, 3.63) is 12.0 Å². The molecule has 122 valence electrons. The van der Waals surface area contributed by atoms with Gasteiger partial charge in [-0.3, -0.25) is 10.2 Å². The van der Waals surface area contributed by atoms with Crippen LogP contribution < -0.4 is 5.43 Å². The maximum atomic E-state index is 12.2. The number of anilines is 1. The van der Waals surface area contributed by atoms with E-state index in [0.29, 0.717) is 13.1 Å². The van der Waals surface area contributed by atoms with Gasteiger partial charge in [0.05, 0.1) is 12.9 Å². The van der Waals surface area contributed by atoms with Crippen molar-refractivity contribution in [2.24, 2.45) is 5.10 Å². The van der Waals surface area contributed by atoms with E-state index in [1.807, 2.05) is 0 Å². The molecule has 9 nitrogen and oxygen atoms in total. The number of nitrogens with zero attached hydrogens (tertiary/aromatic N) is 4. The molecule has 0 radical (unpaired) electrons. The molecule has 2 heterocycles. The maximum Gasteiger partial charge on any atom is 0.358 e. The number of ether oxygens (including phenoxy) is 1. The first-order valence-corrected chi connectivity index (χ1v) is 7.41. The molecule has 2 rings (SSSR count). The van der Waals surface area contributed by atoms with Gasteiger partial charge in [0.1, 0.15) is 6.07 Å². The molecule has 0 bridgehead atoms. The summed E-state index contributed by atoms with van der Waals surface area (Å²) in [6, 6.07) is 1.78. The first-order chi connectivity index (χ1) is 11.2. The van der Waals surface area contributed by atoms with Crippen LogP contribution in [0.2, 0.25) is 0 Å². The smallest absolute Gasteiger partial charge is 0.358 e. The number of likely N-dealkylation sites (tertiary alicyclic amines) is 1. The third-order valence-corrected chi connectivity index (χ3v) is 3.34. The molecule has 1 amide bonds. The van der Waals surface area contributed by atoms with E-state index in [2.05, 4.69) is 20.5 Å². The van der Waals surface area contributed by atoms with Gasteiger partial charge in [-0.25, -0.2) is 9.78 Å². The van der Waals surface area contributed by atoms with E-state index in [9.17, 15) is 9.59 Å². The van der Waals surface area contributed by atoms with E-state index in [4.69, 9.17) is 10.00 Å². The average molecular weight is 318 g/mol. The summed E-state index contributed by atoms with van der Waals surface area (Å²) in [5.74, 6) is -0.917. The Balaban J connectivity index is 2.08. The Morgan fingerprint density at radius 1 is 1.48 bits per heavy atom. The normalized spacial score (nSPS) is 15.0. The summed E-state index contributed by atoms with van der Waals surface area (Å²) in [5.41, 5.74) is 2.29. The fourth-order valence-corrected chi connectivity index (χ4v) is 2.21. The number of aromatic amines is 1. The second-order valence-corrected chi connectivity index (χ2v) is 4.88. The molecule has 0 atom stereocenters. The minimum Gasteiger partial charge on any atom is -0.461 e. The number of hydrogen-bond acceptors (Lipinski definition) is 7. The molecule has 0 unspecified atom stereocenters. The van der Waals surface area contributed by atoms with Crippen molar-refractivity contribution in [3.63, 3.8) is 0 Å². The largest absolute Gasteiger partial charge is 0.461 e. The number of imidazole rings is 1. The average Bonchev–Trinajstić information content (AvgIpc) is 3.05. The predicted octanol–water partition coefficient (Wildman–Crippen LogP) is 0.890. The first kappa shape index (κ1) is 16.5. The summed E-state index contributed by atoms with van der Waals surface area (Å²) in [6.07, 6.45) is 4.22. The van der Waals surface area contributed by atoms with Crippen molar-refractivity contribution in [1.82, 2.24) is 14.9 Å². The van der Waals surface area contributed by atoms with Crippen LogP contribution in [0.3, 0.4) is 0 Å². The predicted molar refractivity (Wildman–Crippen MR) is 81.6 cm³/mol. The number of hydrogen-bond donors (Lipinski definition) is 2. The number of hydrazone groups is 1. The number of rotatable bonds is 5. The number of nitrogens with one attached hydrogen (secondary N) is 2. The fourth-order valence-electron chi connectivity index (χ4n) is 2.21. The minimum atomic E-state index is -0.594. The molecule has 1 aromatic rings. The highest BCUT2D eigenvalue weighted by molar-refractivity contribution is 6.45. The lowest BCUT2D eigenvalue weighted by Gasteiger charge is -2.25. The fraction of sp³-hybridized carbons (Fsp3) is 0.500. The number of piperidine rings is 1. The number of carbonyl (C=O) groups excluding carboxylic acids is 2. The topological polar surface area (TPSA) is 123 Å². The van der Waals surface area contributed by atoms with Crippen molar-refractivity contribution >= 4 is 23.4 Å².